The molecule has 0 bridgehead atoms. The fourth-order valence-corrected chi connectivity index (χ4v) is 4.29. The van der Waals surface area contributed by atoms with Crippen LogP contribution in [0.2, 0.25) is 0 Å². The van der Waals surface area contributed by atoms with Gasteiger partial charge in [0.15, 0.2) is 0 Å². The van der Waals surface area contributed by atoms with E-state index < -0.39 is 10.0 Å². The number of nitrogens with zero attached hydrogens (tertiary/aromatic N) is 1. The van der Waals surface area contributed by atoms with E-state index in [1.807, 2.05) is 24.3 Å². The SMILES string of the molecule is CCCCc1ccc(NC(=O)CN(CC)S(=O)(=O)c2ccc(Br)cc2)cc1. The maximum Gasteiger partial charge on any atom is 0.243 e. The van der Waals surface area contributed by atoms with E-state index in [0.29, 0.717) is 5.69 Å². The van der Waals surface area contributed by atoms with Crippen molar-refractivity contribution in [2.75, 3.05) is 18.4 Å². The third-order valence-corrected chi connectivity index (χ3v) is 6.64. The van der Waals surface area contributed by atoms with Gasteiger partial charge in [0.05, 0.1) is 11.4 Å². The minimum Gasteiger partial charge on any atom is -0.325 e. The number of anilines is 1. The molecule has 0 radical (unpaired) electrons. The number of amides is 1. The van der Waals surface area contributed by atoms with Crippen molar-refractivity contribution in [1.82, 2.24) is 4.31 Å². The van der Waals surface area contributed by atoms with Crippen LogP contribution in [0.1, 0.15) is 32.3 Å². The number of likely N-dealkylation sites (N-methyl/N-ethyl adjacent to an activating group) is 1. The maximum atomic E-state index is 12.7. The lowest BCUT2D eigenvalue weighted by Crippen LogP contribution is -2.37. The third-order valence-electron chi connectivity index (χ3n) is 4.18. The van der Waals surface area contributed by atoms with Gasteiger partial charge in [0.2, 0.25) is 15.9 Å². The first-order valence-corrected chi connectivity index (χ1v) is 11.2. The summed E-state index contributed by atoms with van der Waals surface area (Å²) < 4.78 is 27.4. The molecular formula is C20H25BrN2O3S. The number of unbranched alkanes of at least 4 members (excludes halogenated alkanes) is 1. The minimum absolute atomic E-state index is 0.167. The zero-order chi connectivity index (χ0) is 19.9. The van der Waals surface area contributed by atoms with Crippen molar-refractivity contribution in [3.05, 3.63) is 58.6 Å². The second kappa shape index (κ2) is 10.0. The normalized spacial score (nSPS) is 11.6. The molecule has 5 nitrogen and oxygen atoms in total. The number of halogens is 1. The third kappa shape index (κ3) is 6.16. The van der Waals surface area contributed by atoms with Gasteiger partial charge >= 0.3 is 0 Å². The Kier molecular flexibility index (Phi) is 8.01. The number of sulfonamides is 1. The summed E-state index contributed by atoms with van der Waals surface area (Å²) in [6, 6.07) is 14.1. The van der Waals surface area contributed by atoms with Crippen LogP contribution in [0.25, 0.3) is 0 Å². The number of aryl methyl sites for hydroxylation is 1. The van der Waals surface area contributed by atoms with Gasteiger partial charge in [-0.1, -0.05) is 48.3 Å². The van der Waals surface area contributed by atoms with Gasteiger partial charge in [0.25, 0.3) is 0 Å². The van der Waals surface area contributed by atoms with Gasteiger partial charge in [0, 0.05) is 16.7 Å². The Labute approximate surface area is 170 Å². The number of benzene rings is 2. The number of hydrogen-bond donors (Lipinski definition) is 1. The molecule has 0 atom stereocenters. The van der Waals surface area contributed by atoms with E-state index in [0.717, 1.165) is 23.7 Å². The second-order valence-corrected chi connectivity index (χ2v) is 9.09. The highest BCUT2D eigenvalue weighted by atomic mass is 79.9. The van der Waals surface area contributed by atoms with E-state index in [1.165, 1.54) is 22.0 Å². The van der Waals surface area contributed by atoms with E-state index in [-0.39, 0.29) is 23.9 Å². The molecule has 0 spiro atoms. The average molecular weight is 453 g/mol. The van der Waals surface area contributed by atoms with Gasteiger partial charge in [0.1, 0.15) is 0 Å². The molecule has 0 saturated carbocycles. The lowest BCUT2D eigenvalue weighted by molar-refractivity contribution is -0.116. The number of nitrogens with one attached hydrogen (secondary N) is 1. The predicted octanol–water partition coefficient (Wildman–Crippen LogP) is 4.44. The summed E-state index contributed by atoms with van der Waals surface area (Å²) in [6.07, 6.45) is 3.28. The van der Waals surface area contributed by atoms with Gasteiger partial charge in [-0.3, -0.25) is 4.79 Å². The summed E-state index contributed by atoms with van der Waals surface area (Å²) in [6.45, 7) is 3.84. The van der Waals surface area contributed by atoms with Crippen molar-refractivity contribution in [2.24, 2.45) is 0 Å². The van der Waals surface area contributed by atoms with Crippen LogP contribution in [0.3, 0.4) is 0 Å². The Morgan fingerprint density at radius 2 is 1.67 bits per heavy atom. The van der Waals surface area contributed by atoms with Crippen LogP contribution in [0.4, 0.5) is 5.69 Å². The number of rotatable bonds is 9. The van der Waals surface area contributed by atoms with E-state index in [9.17, 15) is 13.2 Å². The molecule has 1 N–H and O–H groups in total. The standard InChI is InChI=1S/C20H25BrN2O3S/c1-3-5-6-16-7-11-18(12-8-16)22-20(24)15-23(4-2)27(25,26)19-13-9-17(21)10-14-19/h7-14H,3-6,15H2,1-2H3,(H,22,24). The zero-order valence-electron chi connectivity index (χ0n) is 15.6. The Balaban J connectivity index is 2.02. The van der Waals surface area contributed by atoms with Crippen molar-refractivity contribution >= 4 is 37.5 Å². The average Bonchev–Trinajstić information content (AvgIpc) is 2.65. The molecule has 2 aromatic carbocycles. The molecule has 0 aliphatic carbocycles. The van der Waals surface area contributed by atoms with Crippen LogP contribution >= 0.6 is 15.9 Å². The molecule has 0 saturated heterocycles. The maximum absolute atomic E-state index is 12.7. The van der Waals surface area contributed by atoms with Crippen LogP contribution in [0, 0.1) is 0 Å². The van der Waals surface area contributed by atoms with Crippen LogP contribution in [-0.2, 0) is 21.2 Å². The molecule has 2 rings (SSSR count). The van der Waals surface area contributed by atoms with Gasteiger partial charge in [-0.15, -0.1) is 0 Å². The van der Waals surface area contributed by atoms with Crippen molar-refractivity contribution in [2.45, 2.75) is 38.0 Å². The fourth-order valence-electron chi connectivity index (χ4n) is 2.62. The van der Waals surface area contributed by atoms with Crippen LogP contribution in [0.5, 0.6) is 0 Å². The molecule has 2 aromatic rings. The first-order valence-electron chi connectivity index (χ1n) is 9.01. The molecular weight excluding hydrogens is 428 g/mol. The van der Waals surface area contributed by atoms with E-state index in [2.05, 4.69) is 28.2 Å². The van der Waals surface area contributed by atoms with E-state index in [1.54, 1.807) is 19.1 Å². The van der Waals surface area contributed by atoms with Crippen molar-refractivity contribution in [3.63, 3.8) is 0 Å². The van der Waals surface area contributed by atoms with E-state index >= 15 is 0 Å². The minimum atomic E-state index is -3.72. The molecule has 0 unspecified atom stereocenters. The van der Waals surface area contributed by atoms with Crippen LogP contribution in [-0.4, -0.2) is 31.7 Å². The number of carbonyl (C=O) groups excluding carboxylic acids is 1. The van der Waals surface area contributed by atoms with Crippen LogP contribution in [0.15, 0.2) is 57.9 Å². The number of carbonyl (C=O) groups is 1. The highest BCUT2D eigenvalue weighted by molar-refractivity contribution is 9.10. The van der Waals surface area contributed by atoms with Crippen LogP contribution < -0.4 is 5.32 Å². The van der Waals surface area contributed by atoms with Crippen molar-refractivity contribution in [3.8, 4) is 0 Å². The highest BCUT2D eigenvalue weighted by Crippen LogP contribution is 2.19. The van der Waals surface area contributed by atoms with Gasteiger partial charge in [-0.25, -0.2) is 8.42 Å². The van der Waals surface area contributed by atoms with Crippen molar-refractivity contribution < 1.29 is 13.2 Å². The largest absolute Gasteiger partial charge is 0.325 e. The van der Waals surface area contributed by atoms with Gasteiger partial charge in [-0.2, -0.15) is 4.31 Å². The summed E-state index contributed by atoms with van der Waals surface area (Å²) in [5.74, 6) is -0.362. The summed E-state index contributed by atoms with van der Waals surface area (Å²) in [7, 11) is -3.72. The van der Waals surface area contributed by atoms with Crippen molar-refractivity contribution in [1.29, 1.82) is 0 Å². The topological polar surface area (TPSA) is 66.5 Å². The van der Waals surface area contributed by atoms with E-state index in [4.69, 9.17) is 0 Å². The molecule has 146 valence electrons. The molecule has 0 heterocycles. The Hall–Kier alpha value is -1.70. The second-order valence-electron chi connectivity index (χ2n) is 6.23. The number of hydrogen-bond acceptors (Lipinski definition) is 3. The van der Waals surface area contributed by atoms with Gasteiger partial charge in [-0.05, 0) is 54.8 Å². The predicted molar refractivity (Wildman–Crippen MR) is 112 cm³/mol. The lowest BCUT2D eigenvalue weighted by atomic mass is 10.1. The lowest BCUT2D eigenvalue weighted by Gasteiger charge is -2.20. The highest BCUT2D eigenvalue weighted by Gasteiger charge is 2.25. The van der Waals surface area contributed by atoms with Gasteiger partial charge < -0.3 is 5.32 Å². The molecule has 0 aromatic heterocycles. The molecule has 0 fully saturated rings. The smallest absolute Gasteiger partial charge is 0.243 e. The molecule has 27 heavy (non-hydrogen) atoms. The first-order chi connectivity index (χ1) is 12.9. The molecule has 0 aliphatic rings. The summed E-state index contributed by atoms with van der Waals surface area (Å²) >= 11 is 3.29. The Morgan fingerprint density at radius 3 is 2.22 bits per heavy atom. The summed E-state index contributed by atoms with van der Waals surface area (Å²) in [5.41, 5.74) is 1.89. The first kappa shape index (κ1) is 21.6. The summed E-state index contributed by atoms with van der Waals surface area (Å²) in [5, 5.41) is 2.77. The quantitative estimate of drug-likeness (QED) is 0.611. The Morgan fingerprint density at radius 1 is 1.04 bits per heavy atom. The fraction of sp³-hybridized carbons (Fsp3) is 0.350. The Bertz CT molecular complexity index is 850. The molecule has 1 amide bonds. The molecule has 7 heteroatoms. The zero-order valence-corrected chi connectivity index (χ0v) is 18.0. The molecule has 0 aliphatic heterocycles. The monoisotopic (exact) mass is 452 g/mol. The summed E-state index contributed by atoms with van der Waals surface area (Å²) in [4.78, 5) is 12.5.